The van der Waals surface area contributed by atoms with Gasteiger partial charge in [0.15, 0.2) is 6.61 Å². The predicted molar refractivity (Wildman–Crippen MR) is 112 cm³/mol. The van der Waals surface area contributed by atoms with Crippen molar-refractivity contribution in [3.05, 3.63) is 28.5 Å². The molecule has 2 aromatic heterocycles. The molecule has 150 valence electrons. The van der Waals surface area contributed by atoms with Crippen molar-refractivity contribution in [3.63, 3.8) is 0 Å². The van der Waals surface area contributed by atoms with Gasteiger partial charge in [-0.05, 0) is 30.2 Å². The van der Waals surface area contributed by atoms with Crippen molar-refractivity contribution in [1.82, 2.24) is 5.32 Å². The number of amides is 2. The summed E-state index contributed by atoms with van der Waals surface area (Å²) in [6, 6.07) is 3.93. The average Bonchev–Trinajstić information content (AvgIpc) is 3.31. The van der Waals surface area contributed by atoms with Crippen LogP contribution in [0.25, 0.3) is 10.4 Å². The highest BCUT2D eigenvalue weighted by Crippen LogP contribution is 2.38. The Hall–Kier alpha value is -2.19. The Kier molecular flexibility index (Phi) is 6.85. The van der Waals surface area contributed by atoms with Gasteiger partial charge in [0.1, 0.15) is 10.6 Å². The molecular weight excluding hydrogens is 396 g/mol. The van der Waals surface area contributed by atoms with E-state index in [1.807, 2.05) is 22.9 Å². The van der Waals surface area contributed by atoms with Gasteiger partial charge >= 0.3 is 5.97 Å². The molecule has 1 saturated carbocycles. The van der Waals surface area contributed by atoms with Crippen LogP contribution >= 0.6 is 22.7 Å². The summed E-state index contributed by atoms with van der Waals surface area (Å²) >= 11 is 2.76. The molecule has 28 heavy (non-hydrogen) atoms. The Bertz CT molecular complexity index is 845. The van der Waals surface area contributed by atoms with Crippen LogP contribution in [0.1, 0.15) is 49.9 Å². The molecule has 2 heterocycles. The van der Waals surface area contributed by atoms with Crippen LogP contribution in [0.2, 0.25) is 0 Å². The maximum absolute atomic E-state index is 12.7. The van der Waals surface area contributed by atoms with Crippen LogP contribution in [-0.4, -0.2) is 30.4 Å². The van der Waals surface area contributed by atoms with Crippen LogP contribution in [0.4, 0.5) is 5.00 Å². The number of thiophene rings is 2. The molecule has 0 aromatic carbocycles. The van der Waals surface area contributed by atoms with Gasteiger partial charge in [-0.3, -0.25) is 9.59 Å². The van der Waals surface area contributed by atoms with E-state index in [-0.39, 0.29) is 24.5 Å². The number of anilines is 1. The molecule has 1 aliphatic carbocycles. The molecule has 8 heteroatoms. The van der Waals surface area contributed by atoms with Gasteiger partial charge in [0.2, 0.25) is 5.91 Å². The van der Waals surface area contributed by atoms with E-state index < -0.39 is 5.97 Å². The smallest absolute Gasteiger partial charge is 0.342 e. The van der Waals surface area contributed by atoms with Crippen molar-refractivity contribution in [1.29, 1.82) is 0 Å². The number of carbonyl (C=O) groups excluding carboxylic acids is 3. The lowest BCUT2D eigenvalue weighted by Crippen LogP contribution is -2.42. The minimum absolute atomic E-state index is 0.137. The fourth-order valence-corrected chi connectivity index (χ4v) is 5.23. The molecule has 0 spiro atoms. The molecule has 1 aliphatic rings. The van der Waals surface area contributed by atoms with E-state index in [0.29, 0.717) is 22.0 Å². The van der Waals surface area contributed by atoms with Crippen molar-refractivity contribution in [2.75, 3.05) is 11.9 Å². The molecular formula is C20H24N2O4S2. The first-order valence-corrected chi connectivity index (χ1v) is 11.1. The van der Waals surface area contributed by atoms with Crippen LogP contribution in [0, 0.1) is 5.92 Å². The zero-order chi connectivity index (χ0) is 20.1. The molecule has 2 amide bonds. The second-order valence-corrected chi connectivity index (χ2v) is 8.85. The van der Waals surface area contributed by atoms with Crippen molar-refractivity contribution in [3.8, 4) is 10.4 Å². The summed E-state index contributed by atoms with van der Waals surface area (Å²) < 4.78 is 5.29. The minimum Gasteiger partial charge on any atom is -0.452 e. The highest BCUT2D eigenvalue weighted by atomic mass is 32.1. The first-order chi connectivity index (χ1) is 13.5. The molecule has 1 fully saturated rings. The van der Waals surface area contributed by atoms with Crippen LogP contribution in [0.5, 0.6) is 0 Å². The normalized spacial score (nSPS) is 19.1. The van der Waals surface area contributed by atoms with Crippen molar-refractivity contribution >= 4 is 45.5 Å². The summed E-state index contributed by atoms with van der Waals surface area (Å²) in [6.07, 6.45) is 4.36. The maximum atomic E-state index is 12.7. The Morgan fingerprint density at radius 1 is 1.21 bits per heavy atom. The van der Waals surface area contributed by atoms with Gasteiger partial charge in [0.05, 0.1) is 0 Å². The van der Waals surface area contributed by atoms with E-state index in [2.05, 4.69) is 17.6 Å². The number of carbonyl (C=O) groups is 3. The van der Waals surface area contributed by atoms with E-state index in [0.717, 1.165) is 24.1 Å². The third-order valence-electron chi connectivity index (χ3n) is 4.86. The zero-order valence-electron chi connectivity index (χ0n) is 15.9. The third-order valence-corrected chi connectivity index (χ3v) is 6.66. The summed E-state index contributed by atoms with van der Waals surface area (Å²) in [5.41, 5.74) is 0.997. The fourth-order valence-electron chi connectivity index (χ4n) is 3.41. The van der Waals surface area contributed by atoms with Crippen LogP contribution in [0.15, 0.2) is 22.9 Å². The third kappa shape index (κ3) is 4.99. The van der Waals surface area contributed by atoms with E-state index in [1.165, 1.54) is 36.0 Å². The molecule has 0 unspecified atom stereocenters. The zero-order valence-corrected chi connectivity index (χ0v) is 17.6. The van der Waals surface area contributed by atoms with E-state index in [9.17, 15) is 14.4 Å². The average molecular weight is 421 g/mol. The second kappa shape index (κ2) is 9.34. The number of esters is 1. The monoisotopic (exact) mass is 420 g/mol. The first-order valence-electron chi connectivity index (χ1n) is 9.35. The van der Waals surface area contributed by atoms with E-state index in [1.54, 1.807) is 0 Å². The van der Waals surface area contributed by atoms with Gasteiger partial charge in [0, 0.05) is 28.8 Å². The van der Waals surface area contributed by atoms with Crippen molar-refractivity contribution in [2.45, 2.75) is 45.6 Å². The van der Waals surface area contributed by atoms with Gasteiger partial charge in [-0.2, -0.15) is 0 Å². The molecule has 2 atom stereocenters. The Balaban J connectivity index is 1.68. The maximum Gasteiger partial charge on any atom is 0.342 e. The van der Waals surface area contributed by atoms with Crippen LogP contribution in [0.3, 0.4) is 0 Å². The van der Waals surface area contributed by atoms with Crippen LogP contribution < -0.4 is 10.6 Å². The summed E-state index contributed by atoms with van der Waals surface area (Å²) in [6.45, 7) is 3.19. The van der Waals surface area contributed by atoms with Crippen LogP contribution in [-0.2, 0) is 14.3 Å². The van der Waals surface area contributed by atoms with Gasteiger partial charge in [-0.15, -0.1) is 22.7 Å². The Morgan fingerprint density at radius 3 is 2.68 bits per heavy atom. The molecule has 6 nitrogen and oxygen atoms in total. The number of hydrogen-bond acceptors (Lipinski definition) is 6. The van der Waals surface area contributed by atoms with Gasteiger partial charge in [0.25, 0.3) is 5.91 Å². The minimum atomic E-state index is -0.611. The number of rotatable bonds is 6. The topological polar surface area (TPSA) is 84.5 Å². The quantitative estimate of drug-likeness (QED) is 0.683. The summed E-state index contributed by atoms with van der Waals surface area (Å²) in [5.74, 6) is -0.735. The summed E-state index contributed by atoms with van der Waals surface area (Å²) in [4.78, 5) is 37.4. The Labute approximate surface area is 172 Å². The molecule has 0 bridgehead atoms. The summed E-state index contributed by atoms with van der Waals surface area (Å²) in [7, 11) is 0. The highest BCUT2D eigenvalue weighted by Gasteiger charge is 2.25. The van der Waals surface area contributed by atoms with Gasteiger partial charge < -0.3 is 15.4 Å². The fraction of sp³-hybridized carbons (Fsp3) is 0.450. The lowest BCUT2D eigenvalue weighted by atomic mass is 9.86. The lowest BCUT2D eigenvalue weighted by Gasteiger charge is -2.29. The first kappa shape index (κ1) is 20.5. The Morgan fingerprint density at radius 2 is 2.00 bits per heavy atom. The van der Waals surface area contributed by atoms with Gasteiger partial charge in [-0.1, -0.05) is 25.8 Å². The number of nitrogens with one attached hydrogen (secondary N) is 2. The SMILES string of the molecule is CC(=O)Nc1scc(-c2cccs2)c1C(=O)OCC(=O)N[C@@H]1CCCC[C@@H]1C. The second-order valence-electron chi connectivity index (χ2n) is 7.02. The molecule has 0 saturated heterocycles. The predicted octanol–water partition coefficient (Wildman–Crippen LogP) is 4.29. The van der Waals surface area contributed by atoms with Crippen molar-refractivity contribution in [2.24, 2.45) is 5.92 Å². The largest absolute Gasteiger partial charge is 0.452 e. The summed E-state index contributed by atoms with van der Waals surface area (Å²) in [5, 5.41) is 9.82. The molecule has 0 aliphatic heterocycles. The standard InChI is InChI=1S/C20H24N2O4S2/c1-12-6-3-4-7-15(12)22-17(24)10-26-20(25)18-14(16-8-5-9-27-16)11-28-19(18)21-13(2)23/h5,8-9,11-12,15H,3-4,6-7,10H2,1-2H3,(H,21,23)(H,22,24)/t12-,15+/m0/s1. The van der Waals surface area contributed by atoms with Crippen molar-refractivity contribution < 1.29 is 19.1 Å². The molecule has 3 rings (SSSR count). The van der Waals surface area contributed by atoms with E-state index in [4.69, 9.17) is 4.74 Å². The number of hydrogen-bond donors (Lipinski definition) is 2. The highest BCUT2D eigenvalue weighted by molar-refractivity contribution is 7.17. The number of ether oxygens (including phenoxy) is 1. The molecule has 2 N–H and O–H groups in total. The molecule has 2 aromatic rings. The van der Waals surface area contributed by atoms with Gasteiger partial charge in [-0.25, -0.2) is 4.79 Å². The lowest BCUT2D eigenvalue weighted by molar-refractivity contribution is -0.125. The molecule has 0 radical (unpaired) electrons. The van der Waals surface area contributed by atoms with E-state index >= 15 is 0 Å².